The number of nitrogens with one attached hydrogen (secondary N) is 3. The number of piperazine rings is 1. The Hall–Kier alpha value is -5.39. The number of hydrogen-bond donors (Lipinski definition) is 3. The molecule has 1 aliphatic heterocycles. The summed E-state index contributed by atoms with van der Waals surface area (Å²) in [6.07, 6.45) is -0.851. The maximum absolute atomic E-state index is 13.7. The number of fused-ring (bicyclic) bond motifs is 1. The van der Waals surface area contributed by atoms with Gasteiger partial charge in [-0.2, -0.15) is 0 Å². The van der Waals surface area contributed by atoms with E-state index >= 15 is 0 Å². The van der Waals surface area contributed by atoms with Crippen LogP contribution in [0.3, 0.4) is 0 Å². The zero-order valence-electron chi connectivity index (χ0n) is 32.4. The summed E-state index contributed by atoms with van der Waals surface area (Å²) in [7, 11) is -4.34. The number of rotatable bonds is 18. The van der Waals surface area contributed by atoms with E-state index in [0.717, 1.165) is 54.9 Å². The highest BCUT2D eigenvalue weighted by Gasteiger charge is 2.25. The van der Waals surface area contributed by atoms with Gasteiger partial charge in [0, 0.05) is 71.6 Å². The van der Waals surface area contributed by atoms with Crippen molar-refractivity contribution in [3.8, 4) is 11.1 Å². The summed E-state index contributed by atoms with van der Waals surface area (Å²) >= 11 is 7.64. The van der Waals surface area contributed by atoms with E-state index in [9.17, 15) is 27.3 Å². The molecule has 2 heterocycles. The molecule has 1 aliphatic rings. The molecule has 12 nitrogen and oxygen atoms in total. The van der Waals surface area contributed by atoms with E-state index in [2.05, 4.69) is 53.3 Å². The zero-order chi connectivity index (χ0) is 42.1. The highest BCUT2D eigenvalue weighted by molar-refractivity contribution is 7.99. The van der Waals surface area contributed by atoms with E-state index in [-0.39, 0.29) is 29.0 Å². The van der Waals surface area contributed by atoms with Crippen molar-refractivity contribution in [1.29, 1.82) is 0 Å². The van der Waals surface area contributed by atoms with Crippen LogP contribution in [0.15, 0.2) is 131 Å². The van der Waals surface area contributed by atoms with E-state index < -0.39 is 33.6 Å². The number of sulfonamides is 1. The number of halogens is 3. The van der Waals surface area contributed by atoms with Crippen LogP contribution in [-0.4, -0.2) is 85.7 Å². The fourth-order valence-corrected chi connectivity index (χ4v) is 9.22. The topological polar surface area (TPSA) is 146 Å². The van der Waals surface area contributed by atoms with Gasteiger partial charge in [-0.05, 0) is 84.3 Å². The monoisotopic (exact) mass is 872 g/mol. The van der Waals surface area contributed by atoms with Gasteiger partial charge in [0.2, 0.25) is 0 Å². The van der Waals surface area contributed by atoms with Crippen LogP contribution in [0, 0.1) is 10.1 Å². The molecule has 1 saturated heterocycles. The van der Waals surface area contributed by atoms with E-state index in [1.54, 1.807) is 6.07 Å². The fraction of sp³-hybridized carbons (Fsp3) is 0.256. The van der Waals surface area contributed by atoms with Crippen molar-refractivity contribution >= 4 is 67.2 Å². The quantitative estimate of drug-likeness (QED) is 0.0330. The van der Waals surface area contributed by atoms with E-state index in [4.69, 9.17) is 11.6 Å². The van der Waals surface area contributed by atoms with Crippen molar-refractivity contribution in [3.63, 3.8) is 0 Å². The molecule has 60 heavy (non-hydrogen) atoms. The van der Waals surface area contributed by atoms with Crippen LogP contribution in [0.5, 0.6) is 0 Å². The summed E-state index contributed by atoms with van der Waals surface area (Å²) in [6, 6.07) is 34.7. The van der Waals surface area contributed by atoms with Crippen LogP contribution >= 0.6 is 23.4 Å². The lowest BCUT2D eigenvalue weighted by molar-refractivity contribution is -0.384. The summed E-state index contributed by atoms with van der Waals surface area (Å²) in [6.45, 7) is 3.83. The molecule has 3 N–H and O–H groups in total. The van der Waals surface area contributed by atoms with E-state index in [1.807, 2.05) is 72.8 Å². The molecule has 0 amide bonds. The summed E-state index contributed by atoms with van der Waals surface area (Å²) in [5.41, 5.74) is 4.68. The number of anilines is 3. The van der Waals surface area contributed by atoms with Gasteiger partial charge in [0.25, 0.3) is 22.1 Å². The number of nitro groups is 1. The normalized spacial score (nSPS) is 14.0. The number of nitrogens with zero attached hydrogens (tertiary/aromatic N) is 5. The molecule has 0 saturated carbocycles. The number of benzene rings is 5. The van der Waals surface area contributed by atoms with Crippen LogP contribution in [-0.2, 0) is 16.6 Å². The van der Waals surface area contributed by atoms with Gasteiger partial charge in [-0.15, -0.1) is 11.8 Å². The molecule has 0 unspecified atom stereocenters. The second kappa shape index (κ2) is 19.8. The van der Waals surface area contributed by atoms with Gasteiger partial charge in [-0.25, -0.2) is 27.2 Å². The minimum absolute atomic E-state index is 0.0369. The molecule has 6 aromatic rings. The Kier molecular flexibility index (Phi) is 14.1. The Balaban J connectivity index is 1.02. The molecule has 0 bridgehead atoms. The molecule has 5 aromatic carbocycles. The maximum atomic E-state index is 13.7. The van der Waals surface area contributed by atoms with Gasteiger partial charge >= 0.3 is 0 Å². The summed E-state index contributed by atoms with van der Waals surface area (Å²) < 4.78 is 55.5. The Bertz CT molecular complexity index is 2520. The van der Waals surface area contributed by atoms with Crippen LogP contribution in [0.1, 0.15) is 12.0 Å². The van der Waals surface area contributed by atoms with Crippen molar-refractivity contribution in [2.24, 2.45) is 0 Å². The highest BCUT2D eigenvalue weighted by Crippen LogP contribution is 2.33. The lowest BCUT2D eigenvalue weighted by atomic mass is 9.99. The first-order valence-electron chi connectivity index (χ1n) is 19.3. The Morgan fingerprint density at radius 3 is 2.38 bits per heavy atom. The van der Waals surface area contributed by atoms with Crippen LogP contribution in [0.4, 0.5) is 31.7 Å². The van der Waals surface area contributed by atoms with Crippen molar-refractivity contribution in [1.82, 2.24) is 20.2 Å². The largest absolute Gasteiger partial charge is 0.376 e. The Morgan fingerprint density at radius 2 is 1.63 bits per heavy atom. The van der Waals surface area contributed by atoms with Crippen LogP contribution < -0.4 is 20.3 Å². The van der Waals surface area contributed by atoms with Crippen LogP contribution in [0.2, 0.25) is 5.02 Å². The average molecular weight is 873 g/mol. The number of alkyl halides is 2. The number of hydrogen-bond acceptors (Lipinski definition) is 11. The number of aromatic nitrogens is 2. The minimum Gasteiger partial charge on any atom is -0.376 e. The minimum atomic E-state index is -4.34. The van der Waals surface area contributed by atoms with E-state index in [0.29, 0.717) is 28.1 Å². The molecular weight excluding hydrogens is 830 g/mol. The predicted octanol–water partition coefficient (Wildman–Crippen LogP) is 8.80. The van der Waals surface area contributed by atoms with Crippen molar-refractivity contribution in [3.05, 3.63) is 142 Å². The van der Waals surface area contributed by atoms with Crippen molar-refractivity contribution in [2.45, 2.75) is 35.2 Å². The van der Waals surface area contributed by atoms with Gasteiger partial charge in [0.15, 0.2) is 5.82 Å². The molecule has 0 aliphatic carbocycles. The molecule has 1 aromatic heterocycles. The molecular formula is C43H43ClF2N8O4S2. The first kappa shape index (κ1) is 42.7. The summed E-state index contributed by atoms with van der Waals surface area (Å²) in [5, 5.41) is 19.3. The highest BCUT2D eigenvalue weighted by atomic mass is 35.5. The summed E-state index contributed by atoms with van der Waals surface area (Å²) in [4.78, 5) is 25.6. The third-order valence-electron chi connectivity index (χ3n) is 10.2. The van der Waals surface area contributed by atoms with Crippen molar-refractivity contribution in [2.75, 3.05) is 60.0 Å². The molecule has 17 heteroatoms. The molecule has 312 valence electrons. The van der Waals surface area contributed by atoms with Gasteiger partial charge in [0.1, 0.15) is 12.0 Å². The van der Waals surface area contributed by atoms with Crippen molar-refractivity contribution < 1.29 is 22.1 Å². The molecule has 1 fully saturated rings. The van der Waals surface area contributed by atoms with Gasteiger partial charge in [-0.3, -0.25) is 19.7 Å². The molecule has 1 atom stereocenters. The summed E-state index contributed by atoms with van der Waals surface area (Å²) in [5.74, 6) is 0.508. The smallest absolute Gasteiger partial charge is 0.293 e. The molecule has 7 rings (SSSR count). The lowest BCUT2D eigenvalue weighted by Crippen LogP contribution is -2.46. The average Bonchev–Trinajstić information content (AvgIpc) is 3.25. The van der Waals surface area contributed by atoms with Gasteiger partial charge in [0.05, 0.1) is 21.9 Å². The SMILES string of the molecule is O=[N+]([O-])c1cc(S(=O)(=O)Nc2ncnc3cc(N4CCN(Cc5ccccc5-c5ccc(Cl)cc5)CC4)ccc23)ccc1N[C@H](CCNCC(F)F)CSc1ccccc1. The first-order chi connectivity index (χ1) is 29.0. The zero-order valence-corrected chi connectivity index (χ0v) is 34.8. The predicted molar refractivity (Wildman–Crippen MR) is 236 cm³/mol. The third-order valence-corrected chi connectivity index (χ3v) is 12.9. The van der Waals surface area contributed by atoms with Gasteiger partial charge in [-0.1, -0.05) is 66.2 Å². The Morgan fingerprint density at radius 1 is 0.883 bits per heavy atom. The molecule has 0 spiro atoms. The third kappa shape index (κ3) is 11.1. The fourth-order valence-electron chi connectivity index (χ4n) is 7.05. The second-order valence-corrected chi connectivity index (χ2v) is 17.5. The van der Waals surface area contributed by atoms with Gasteiger partial charge < -0.3 is 15.5 Å². The lowest BCUT2D eigenvalue weighted by Gasteiger charge is -2.36. The molecule has 0 radical (unpaired) electrons. The van der Waals surface area contributed by atoms with Crippen LogP contribution in [0.25, 0.3) is 22.0 Å². The second-order valence-electron chi connectivity index (χ2n) is 14.2. The Labute approximate surface area is 356 Å². The van der Waals surface area contributed by atoms with E-state index in [1.165, 1.54) is 41.3 Å². The number of nitro benzene ring substituents is 1. The first-order valence-corrected chi connectivity index (χ1v) is 22.2. The standard InChI is InChI=1S/C43H43ClF2N8O4S2/c44-32-12-10-30(11-13-32)37-9-5-4-6-31(37)27-52-20-22-53(23-21-52)34-14-16-38-40(24-34)48-29-49-43(38)51-60(57,58)36-15-17-39(41(25-36)54(55)56)50-33(18-19-47-26-42(45)46)28-59-35-7-2-1-3-8-35/h1-17,24-25,29,33,42,47,50H,18-23,26-28H2,(H,48,49,51)/t33-/m1/s1. The maximum Gasteiger partial charge on any atom is 0.293 e. The number of thioether (sulfide) groups is 1.